The van der Waals surface area contributed by atoms with Gasteiger partial charge in [0.15, 0.2) is 0 Å². The van der Waals surface area contributed by atoms with Crippen molar-refractivity contribution in [2.24, 2.45) is 0 Å². The molecule has 2 rings (SSSR count). The van der Waals surface area contributed by atoms with Crippen LogP contribution in [0.15, 0.2) is 11.6 Å². The van der Waals surface area contributed by atoms with E-state index in [1.54, 1.807) is 11.3 Å². The number of amides is 1. The minimum atomic E-state index is -0.822. The molecule has 0 spiro atoms. The highest BCUT2D eigenvalue weighted by Gasteiger charge is 2.31. The van der Waals surface area contributed by atoms with Gasteiger partial charge in [0.2, 0.25) is 0 Å². The van der Waals surface area contributed by atoms with Crippen molar-refractivity contribution in [3.05, 3.63) is 16.6 Å². The molecule has 2 unspecified atom stereocenters. The van der Waals surface area contributed by atoms with E-state index in [1.807, 2.05) is 11.6 Å². The van der Waals surface area contributed by atoms with Gasteiger partial charge in [-0.2, -0.15) is 0 Å². The van der Waals surface area contributed by atoms with Crippen LogP contribution in [-0.2, 0) is 6.54 Å². The Labute approximate surface area is 105 Å². The normalized spacial score (nSPS) is 26.1. The van der Waals surface area contributed by atoms with E-state index in [-0.39, 0.29) is 12.1 Å². The Balaban J connectivity index is 2.02. The van der Waals surface area contributed by atoms with Gasteiger partial charge in [0.1, 0.15) is 5.01 Å². The fourth-order valence-corrected chi connectivity index (χ4v) is 2.94. The molecule has 1 N–H and O–H groups in total. The maximum Gasteiger partial charge on any atom is 0.407 e. The van der Waals surface area contributed by atoms with Crippen LogP contribution in [0.1, 0.15) is 18.9 Å². The van der Waals surface area contributed by atoms with E-state index < -0.39 is 6.09 Å². The third kappa shape index (κ3) is 2.76. The third-order valence-corrected chi connectivity index (χ3v) is 3.94. The zero-order valence-electron chi connectivity index (χ0n) is 10.0. The summed E-state index contributed by atoms with van der Waals surface area (Å²) in [6.45, 7) is 6.10. The van der Waals surface area contributed by atoms with Gasteiger partial charge in [0.25, 0.3) is 0 Å². The summed E-state index contributed by atoms with van der Waals surface area (Å²) in [4.78, 5) is 19.1. The SMILES string of the molecule is CC1CN(C(=O)O)CC(C)N1Cc1nccs1. The van der Waals surface area contributed by atoms with Gasteiger partial charge in [-0.3, -0.25) is 4.90 Å². The van der Waals surface area contributed by atoms with E-state index in [1.165, 1.54) is 4.90 Å². The Hall–Kier alpha value is -1.14. The maximum atomic E-state index is 11.0. The van der Waals surface area contributed by atoms with Gasteiger partial charge in [-0.25, -0.2) is 9.78 Å². The number of hydrogen-bond donors (Lipinski definition) is 1. The molecule has 1 aliphatic heterocycles. The first-order valence-electron chi connectivity index (χ1n) is 5.70. The molecular weight excluding hydrogens is 238 g/mol. The molecule has 0 aliphatic carbocycles. The smallest absolute Gasteiger partial charge is 0.407 e. The molecule has 94 valence electrons. The minimum absolute atomic E-state index is 0.235. The predicted molar refractivity (Wildman–Crippen MR) is 66.2 cm³/mol. The molecule has 1 aliphatic rings. The zero-order valence-corrected chi connectivity index (χ0v) is 10.9. The monoisotopic (exact) mass is 255 g/mol. The Kier molecular flexibility index (Phi) is 3.63. The lowest BCUT2D eigenvalue weighted by Gasteiger charge is -2.43. The second-order valence-corrected chi connectivity index (χ2v) is 5.46. The standard InChI is InChI=1S/C11H17N3O2S/c1-8-5-13(11(15)16)6-9(2)14(8)7-10-12-3-4-17-10/h3-4,8-9H,5-7H2,1-2H3,(H,15,16). The van der Waals surface area contributed by atoms with Crippen molar-refractivity contribution in [1.82, 2.24) is 14.8 Å². The highest BCUT2D eigenvalue weighted by Crippen LogP contribution is 2.19. The third-order valence-electron chi connectivity index (χ3n) is 3.17. The second-order valence-electron chi connectivity index (χ2n) is 4.48. The van der Waals surface area contributed by atoms with Crippen LogP contribution in [0.4, 0.5) is 4.79 Å². The lowest BCUT2D eigenvalue weighted by atomic mass is 10.1. The molecule has 1 fully saturated rings. The first-order valence-corrected chi connectivity index (χ1v) is 6.58. The summed E-state index contributed by atoms with van der Waals surface area (Å²) in [5.41, 5.74) is 0. The summed E-state index contributed by atoms with van der Waals surface area (Å²) < 4.78 is 0. The van der Waals surface area contributed by atoms with Gasteiger partial charge in [-0.05, 0) is 13.8 Å². The van der Waals surface area contributed by atoms with E-state index >= 15 is 0 Å². The van der Waals surface area contributed by atoms with Crippen LogP contribution < -0.4 is 0 Å². The van der Waals surface area contributed by atoms with Gasteiger partial charge < -0.3 is 10.0 Å². The molecule has 0 radical (unpaired) electrons. The molecule has 1 amide bonds. The molecule has 1 aromatic heterocycles. The lowest BCUT2D eigenvalue weighted by Crippen LogP contribution is -2.57. The van der Waals surface area contributed by atoms with Gasteiger partial charge in [0.05, 0.1) is 6.54 Å². The molecule has 2 atom stereocenters. The van der Waals surface area contributed by atoms with Crippen LogP contribution >= 0.6 is 11.3 Å². The van der Waals surface area contributed by atoms with Crippen LogP contribution in [0.25, 0.3) is 0 Å². The van der Waals surface area contributed by atoms with E-state index in [0.717, 1.165) is 11.6 Å². The summed E-state index contributed by atoms with van der Waals surface area (Å²) in [7, 11) is 0. The Morgan fingerprint density at radius 1 is 1.53 bits per heavy atom. The summed E-state index contributed by atoms with van der Waals surface area (Å²) in [5, 5.41) is 12.1. The van der Waals surface area contributed by atoms with Crippen LogP contribution in [-0.4, -0.2) is 51.2 Å². The summed E-state index contributed by atoms with van der Waals surface area (Å²) in [6, 6.07) is 0.470. The molecule has 6 heteroatoms. The molecule has 0 bridgehead atoms. The van der Waals surface area contributed by atoms with Gasteiger partial charge in [0, 0.05) is 36.8 Å². The Morgan fingerprint density at radius 2 is 2.18 bits per heavy atom. The quantitative estimate of drug-likeness (QED) is 0.874. The van der Waals surface area contributed by atoms with Crippen LogP contribution in [0, 0.1) is 0 Å². The van der Waals surface area contributed by atoms with Crippen molar-refractivity contribution < 1.29 is 9.90 Å². The number of carbonyl (C=O) groups is 1. The first-order chi connectivity index (χ1) is 8.08. The summed E-state index contributed by atoms with van der Waals surface area (Å²) in [6.07, 6.45) is 0.987. The van der Waals surface area contributed by atoms with Crippen LogP contribution in [0.3, 0.4) is 0 Å². The fraction of sp³-hybridized carbons (Fsp3) is 0.636. The van der Waals surface area contributed by atoms with Gasteiger partial charge in [-0.15, -0.1) is 11.3 Å². The summed E-state index contributed by atoms with van der Waals surface area (Å²) >= 11 is 1.65. The molecule has 17 heavy (non-hydrogen) atoms. The number of piperazine rings is 1. The van der Waals surface area contributed by atoms with Crippen molar-refractivity contribution in [2.45, 2.75) is 32.5 Å². The molecule has 0 saturated carbocycles. The van der Waals surface area contributed by atoms with E-state index in [4.69, 9.17) is 5.11 Å². The van der Waals surface area contributed by atoms with Crippen molar-refractivity contribution >= 4 is 17.4 Å². The summed E-state index contributed by atoms with van der Waals surface area (Å²) in [5.74, 6) is 0. The van der Waals surface area contributed by atoms with Crippen molar-refractivity contribution in [2.75, 3.05) is 13.1 Å². The Bertz CT molecular complexity index is 370. The molecule has 2 heterocycles. The molecular formula is C11H17N3O2S. The van der Waals surface area contributed by atoms with Crippen molar-refractivity contribution in [3.8, 4) is 0 Å². The van der Waals surface area contributed by atoms with Gasteiger partial charge in [-0.1, -0.05) is 0 Å². The maximum absolute atomic E-state index is 11.0. The topological polar surface area (TPSA) is 56.7 Å². The average molecular weight is 255 g/mol. The molecule has 5 nitrogen and oxygen atoms in total. The number of nitrogens with zero attached hydrogens (tertiary/aromatic N) is 3. The molecule has 1 aromatic rings. The lowest BCUT2D eigenvalue weighted by molar-refractivity contribution is 0.0350. The predicted octanol–water partition coefficient (Wildman–Crippen LogP) is 1.72. The van der Waals surface area contributed by atoms with E-state index in [0.29, 0.717) is 13.1 Å². The second kappa shape index (κ2) is 5.01. The first kappa shape index (κ1) is 12.3. The van der Waals surface area contributed by atoms with Crippen LogP contribution in [0.2, 0.25) is 0 Å². The number of carboxylic acid groups (broad SMARTS) is 1. The highest BCUT2D eigenvalue weighted by molar-refractivity contribution is 7.09. The van der Waals surface area contributed by atoms with E-state index in [2.05, 4.69) is 23.7 Å². The van der Waals surface area contributed by atoms with Gasteiger partial charge >= 0.3 is 6.09 Å². The van der Waals surface area contributed by atoms with Crippen molar-refractivity contribution in [3.63, 3.8) is 0 Å². The minimum Gasteiger partial charge on any atom is -0.465 e. The van der Waals surface area contributed by atoms with Crippen molar-refractivity contribution in [1.29, 1.82) is 0 Å². The molecule has 0 aromatic carbocycles. The number of thiazole rings is 1. The highest BCUT2D eigenvalue weighted by atomic mass is 32.1. The number of aromatic nitrogens is 1. The number of hydrogen-bond acceptors (Lipinski definition) is 4. The largest absolute Gasteiger partial charge is 0.465 e. The Morgan fingerprint density at radius 3 is 2.65 bits per heavy atom. The zero-order chi connectivity index (χ0) is 12.4. The number of rotatable bonds is 2. The van der Waals surface area contributed by atoms with Crippen LogP contribution in [0.5, 0.6) is 0 Å². The van der Waals surface area contributed by atoms with E-state index in [9.17, 15) is 4.79 Å². The fourth-order valence-electron chi connectivity index (χ4n) is 2.31. The average Bonchev–Trinajstić information content (AvgIpc) is 2.75. The molecule has 1 saturated heterocycles.